The van der Waals surface area contributed by atoms with Crippen molar-refractivity contribution in [2.45, 2.75) is 58.4 Å². The van der Waals surface area contributed by atoms with E-state index in [1.165, 1.54) is 0 Å². The van der Waals surface area contributed by atoms with E-state index in [9.17, 15) is 9.59 Å². The van der Waals surface area contributed by atoms with E-state index in [-0.39, 0.29) is 5.91 Å². The number of aryl methyl sites for hydroxylation is 2. The zero-order valence-corrected chi connectivity index (χ0v) is 17.6. The second-order valence-corrected chi connectivity index (χ2v) is 8.83. The summed E-state index contributed by atoms with van der Waals surface area (Å²) in [5, 5.41) is 7.30. The van der Waals surface area contributed by atoms with Gasteiger partial charge >= 0.3 is 0 Å². The number of thioether (sulfide) groups is 1. The van der Waals surface area contributed by atoms with Crippen LogP contribution in [-0.2, 0) is 16.0 Å². The van der Waals surface area contributed by atoms with Crippen molar-refractivity contribution < 1.29 is 9.59 Å². The number of nitrogens with one attached hydrogen (secondary N) is 1. The smallest absolute Gasteiger partial charge is 0.222 e. The summed E-state index contributed by atoms with van der Waals surface area (Å²) in [6.07, 6.45) is 6.84. The number of carbonyl (C=O) groups excluding carboxylic acids is 2. The molecule has 0 bridgehead atoms. The van der Waals surface area contributed by atoms with E-state index in [0.29, 0.717) is 37.1 Å². The Balaban J connectivity index is 1.53. The van der Waals surface area contributed by atoms with Crippen LogP contribution in [0.15, 0.2) is 0 Å². The molecule has 0 unspecified atom stereocenters. The molecule has 0 saturated carbocycles. The molecule has 0 spiro atoms. The number of amides is 2. The first-order valence-corrected chi connectivity index (χ1v) is 11.5. The molecule has 2 amide bonds. The first-order chi connectivity index (χ1) is 13.0. The Morgan fingerprint density at radius 2 is 2.15 bits per heavy atom. The highest BCUT2D eigenvalue weighted by molar-refractivity contribution is 7.98. The highest BCUT2D eigenvalue weighted by Crippen LogP contribution is 2.32. The number of nitrogens with zero attached hydrogens (tertiary/aromatic N) is 3. The van der Waals surface area contributed by atoms with Crippen molar-refractivity contribution in [1.29, 1.82) is 0 Å². The Labute approximate surface area is 166 Å². The van der Waals surface area contributed by atoms with Gasteiger partial charge in [0.1, 0.15) is 0 Å². The van der Waals surface area contributed by atoms with Crippen LogP contribution in [0.5, 0.6) is 0 Å². The van der Waals surface area contributed by atoms with Crippen LogP contribution >= 0.6 is 11.8 Å². The molecule has 7 heteroatoms. The van der Waals surface area contributed by atoms with Crippen molar-refractivity contribution in [2.24, 2.45) is 5.92 Å². The third kappa shape index (κ3) is 4.68. The van der Waals surface area contributed by atoms with Crippen LogP contribution in [-0.4, -0.2) is 69.5 Å². The van der Waals surface area contributed by atoms with Crippen molar-refractivity contribution in [1.82, 2.24) is 20.0 Å². The predicted molar refractivity (Wildman–Crippen MR) is 109 cm³/mol. The molecule has 0 aromatic carbocycles. The van der Waals surface area contributed by atoms with Crippen LogP contribution in [0.4, 0.5) is 0 Å². The van der Waals surface area contributed by atoms with Gasteiger partial charge in [0.15, 0.2) is 0 Å². The molecule has 3 heterocycles. The number of hydrogen-bond donors (Lipinski definition) is 1. The van der Waals surface area contributed by atoms with E-state index in [1.54, 1.807) is 0 Å². The lowest BCUT2D eigenvalue weighted by molar-refractivity contribution is -0.144. The number of aromatic nitrogens is 2. The Bertz CT molecular complexity index is 675. The lowest BCUT2D eigenvalue weighted by atomic mass is 9.83. The molecular formula is C20H32N4O2S. The fourth-order valence-corrected chi connectivity index (χ4v) is 4.83. The van der Waals surface area contributed by atoms with Crippen molar-refractivity contribution in [3.8, 4) is 0 Å². The zero-order valence-electron chi connectivity index (χ0n) is 16.8. The Hall–Kier alpha value is -1.50. The Morgan fingerprint density at radius 1 is 1.33 bits per heavy atom. The molecule has 3 rings (SSSR count). The molecule has 2 aliphatic heterocycles. The number of hydrogen-bond acceptors (Lipinski definition) is 4. The lowest BCUT2D eigenvalue weighted by Crippen LogP contribution is -2.57. The molecular weight excluding hydrogens is 360 g/mol. The Kier molecular flexibility index (Phi) is 6.84. The van der Waals surface area contributed by atoms with Gasteiger partial charge in [0.25, 0.3) is 0 Å². The van der Waals surface area contributed by atoms with Crippen LogP contribution < -0.4 is 0 Å². The number of likely N-dealkylation sites (tertiary alicyclic amines) is 2. The monoisotopic (exact) mass is 392 g/mol. The topological polar surface area (TPSA) is 69.3 Å². The maximum Gasteiger partial charge on any atom is 0.222 e. The SMILES string of the molecule is CSCCCN1C(=O)CC[C@H]2CN(C(=O)CCc3n[nH]c(C)c3C)CC[C@H]21. The molecule has 2 saturated heterocycles. The van der Waals surface area contributed by atoms with Gasteiger partial charge in [0, 0.05) is 50.6 Å². The summed E-state index contributed by atoms with van der Waals surface area (Å²) in [6, 6.07) is 0.327. The van der Waals surface area contributed by atoms with Gasteiger partial charge in [-0.05, 0) is 56.6 Å². The number of rotatable bonds is 7. The van der Waals surface area contributed by atoms with E-state index in [2.05, 4.69) is 28.3 Å². The molecule has 27 heavy (non-hydrogen) atoms. The van der Waals surface area contributed by atoms with Gasteiger partial charge in [-0.2, -0.15) is 16.9 Å². The number of H-pyrrole nitrogens is 1. The van der Waals surface area contributed by atoms with Crippen molar-refractivity contribution in [2.75, 3.05) is 31.6 Å². The van der Waals surface area contributed by atoms with Gasteiger partial charge in [0.05, 0.1) is 5.69 Å². The highest BCUT2D eigenvalue weighted by Gasteiger charge is 2.39. The average molecular weight is 393 g/mol. The predicted octanol–water partition coefficient (Wildman–Crippen LogP) is 2.55. The van der Waals surface area contributed by atoms with Gasteiger partial charge in [-0.1, -0.05) is 0 Å². The van der Waals surface area contributed by atoms with Gasteiger partial charge in [0.2, 0.25) is 11.8 Å². The van der Waals surface area contributed by atoms with E-state index in [0.717, 1.165) is 61.6 Å². The first-order valence-electron chi connectivity index (χ1n) is 10.1. The molecule has 2 fully saturated rings. The maximum absolute atomic E-state index is 12.7. The number of fused-ring (bicyclic) bond motifs is 1. The molecule has 0 radical (unpaired) electrons. The van der Waals surface area contributed by atoms with Gasteiger partial charge < -0.3 is 9.80 Å². The van der Waals surface area contributed by atoms with E-state index < -0.39 is 0 Å². The van der Waals surface area contributed by atoms with Crippen LogP contribution in [0.25, 0.3) is 0 Å². The summed E-state index contributed by atoms with van der Waals surface area (Å²) in [7, 11) is 0. The molecule has 2 aliphatic rings. The third-order valence-corrected chi connectivity index (χ3v) is 6.87. The fourth-order valence-electron chi connectivity index (χ4n) is 4.41. The molecule has 2 atom stereocenters. The van der Waals surface area contributed by atoms with Crippen molar-refractivity contribution >= 4 is 23.6 Å². The minimum atomic E-state index is 0.222. The molecule has 0 aliphatic carbocycles. The van der Waals surface area contributed by atoms with E-state index >= 15 is 0 Å². The van der Waals surface area contributed by atoms with E-state index in [4.69, 9.17) is 0 Å². The second-order valence-electron chi connectivity index (χ2n) is 7.85. The zero-order chi connectivity index (χ0) is 19.4. The molecule has 150 valence electrons. The largest absolute Gasteiger partial charge is 0.342 e. The average Bonchev–Trinajstić information content (AvgIpc) is 2.99. The standard InChI is InChI=1S/C20H32N4O2S/c1-14-15(2)21-22-17(14)6-8-19(25)23-11-9-18-16(13-23)5-7-20(26)24(18)10-4-12-27-3/h16,18H,4-13H2,1-3H3,(H,21,22)/t16-,18+/m0/s1. The number of piperidine rings is 2. The first kappa shape index (κ1) is 20.2. The second kappa shape index (κ2) is 9.13. The summed E-state index contributed by atoms with van der Waals surface area (Å²) in [5.41, 5.74) is 3.24. The Morgan fingerprint density at radius 3 is 2.85 bits per heavy atom. The fraction of sp³-hybridized carbons (Fsp3) is 0.750. The van der Waals surface area contributed by atoms with Crippen LogP contribution in [0, 0.1) is 19.8 Å². The minimum Gasteiger partial charge on any atom is -0.342 e. The summed E-state index contributed by atoms with van der Waals surface area (Å²) in [4.78, 5) is 29.2. The summed E-state index contributed by atoms with van der Waals surface area (Å²) in [5.74, 6) is 2.06. The third-order valence-electron chi connectivity index (χ3n) is 6.17. The normalized spacial score (nSPS) is 22.9. The maximum atomic E-state index is 12.7. The quantitative estimate of drug-likeness (QED) is 0.724. The summed E-state index contributed by atoms with van der Waals surface area (Å²) in [6.45, 7) is 6.49. The van der Waals surface area contributed by atoms with Gasteiger partial charge in [-0.25, -0.2) is 0 Å². The van der Waals surface area contributed by atoms with Crippen molar-refractivity contribution in [3.05, 3.63) is 17.0 Å². The van der Waals surface area contributed by atoms with Crippen LogP contribution in [0.3, 0.4) is 0 Å². The van der Waals surface area contributed by atoms with Gasteiger partial charge in [-0.15, -0.1) is 0 Å². The molecule has 1 N–H and O–H groups in total. The lowest BCUT2D eigenvalue weighted by Gasteiger charge is -2.47. The molecule has 6 nitrogen and oxygen atoms in total. The van der Waals surface area contributed by atoms with Crippen molar-refractivity contribution in [3.63, 3.8) is 0 Å². The molecule has 1 aromatic heterocycles. The number of aromatic amines is 1. The van der Waals surface area contributed by atoms with Gasteiger partial charge in [-0.3, -0.25) is 14.7 Å². The summed E-state index contributed by atoms with van der Waals surface area (Å²) >= 11 is 1.83. The summed E-state index contributed by atoms with van der Waals surface area (Å²) < 4.78 is 0. The molecule has 1 aromatic rings. The minimum absolute atomic E-state index is 0.222. The van der Waals surface area contributed by atoms with E-state index in [1.807, 2.05) is 23.6 Å². The van der Waals surface area contributed by atoms with Crippen LogP contribution in [0.1, 0.15) is 49.1 Å². The number of carbonyl (C=O) groups is 2. The highest BCUT2D eigenvalue weighted by atomic mass is 32.2. The van der Waals surface area contributed by atoms with Crippen LogP contribution in [0.2, 0.25) is 0 Å².